The summed E-state index contributed by atoms with van der Waals surface area (Å²) in [4.78, 5) is 0. The fraction of sp³-hybridized carbons (Fsp3) is 1.00. The standard InChI is InChI=1S/C14H27N/c1-11-5-3-8-14(9-11)15-12(2)10-13-6-4-7-13/h11-15H,3-10H2,1-2H3. The lowest BCUT2D eigenvalue weighted by molar-refractivity contribution is 0.232. The molecule has 15 heavy (non-hydrogen) atoms. The minimum atomic E-state index is 0.755. The van der Waals surface area contributed by atoms with E-state index >= 15 is 0 Å². The van der Waals surface area contributed by atoms with Gasteiger partial charge in [-0.25, -0.2) is 0 Å². The van der Waals surface area contributed by atoms with E-state index in [4.69, 9.17) is 0 Å². The van der Waals surface area contributed by atoms with Gasteiger partial charge in [-0.2, -0.15) is 0 Å². The second-order valence-electron chi connectivity index (χ2n) is 6.07. The lowest BCUT2D eigenvalue weighted by Crippen LogP contribution is -2.40. The van der Waals surface area contributed by atoms with Crippen LogP contribution in [-0.4, -0.2) is 12.1 Å². The Morgan fingerprint density at radius 3 is 2.47 bits per heavy atom. The van der Waals surface area contributed by atoms with Crippen LogP contribution in [0.25, 0.3) is 0 Å². The molecule has 0 radical (unpaired) electrons. The Bertz CT molecular complexity index is 186. The van der Waals surface area contributed by atoms with Crippen molar-refractivity contribution in [3.05, 3.63) is 0 Å². The molecule has 0 aromatic rings. The molecule has 3 unspecified atom stereocenters. The number of rotatable bonds is 4. The Balaban J connectivity index is 1.65. The molecule has 0 saturated heterocycles. The van der Waals surface area contributed by atoms with Gasteiger partial charge in [0.05, 0.1) is 0 Å². The molecule has 2 saturated carbocycles. The maximum Gasteiger partial charge on any atom is 0.00720 e. The smallest absolute Gasteiger partial charge is 0.00720 e. The van der Waals surface area contributed by atoms with Gasteiger partial charge in [0.15, 0.2) is 0 Å². The summed E-state index contributed by atoms with van der Waals surface area (Å²) in [5.74, 6) is 2.00. The highest BCUT2D eigenvalue weighted by molar-refractivity contribution is 4.81. The summed E-state index contributed by atoms with van der Waals surface area (Å²) in [5.41, 5.74) is 0. The zero-order valence-electron chi connectivity index (χ0n) is 10.5. The normalized spacial score (nSPS) is 34.8. The average Bonchev–Trinajstić information content (AvgIpc) is 2.11. The van der Waals surface area contributed by atoms with Crippen LogP contribution in [0.5, 0.6) is 0 Å². The molecule has 2 aliphatic rings. The fourth-order valence-corrected chi connectivity index (χ4v) is 3.28. The average molecular weight is 209 g/mol. The van der Waals surface area contributed by atoms with Crippen LogP contribution in [0.2, 0.25) is 0 Å². The van der Waals surface area contributed by atoms with Crippen LogP contribution in [0.4, 0.5) is 0 Å². The Labute approximate surface area is 95.0 Å². The molecule has 88 valence electrons. The molecule has 0 aliphatic heterocycles. The van der Waals surface area contributed by atoms with Gasteiger partial charge in [0.2, 0.25) is 0 Å². The number of hydrogen-bond acceptors (Lipinski definition) is 1. The summed E-state index contributed by atoms with van der Waals surface area (Å²) >= 11 is 0. The van der Waals surface area contributed by atoms with Crippen molar-refractivity contribution in [3.8, 4) is 0 Å². The first-order valence-corrected chi connectivity index (χ1v) is 7.00. The van der Waals surface area contributed by atoms with E-state index in [0.717, 1.165) is 23.9 Å². The van der Waals surface area contributed by atoms with Crippen molar-refractivity contribution in [1.29, 1.82) is 0 Å². The van der Waals surface area contributed by atoms with Crippen LogP contribution < -0.4 is 5.32 Å². The predicted octanol–water partition coefficient (Wildman–Crippen LogP) is 3.73. The molecule has 0 spiro atoms. The summed E-state index contributed by atoms with van der Waals surface area (Å²) in [6.45, 7) is 4.79. The van der Waals surface area contributed by atoms with Gasteiger partial charge in [-0.3, -0.25) is 0 Å². The topological polar surface area (TPSA) is 12.0 Å². The number of nitrogens with one attached hydrogen (secondary N) is 1. The van der Waals surface area contributed by atoms with E-state index in [0.29, 0.717) is 0 Å². The third kappa shape index (κ3) is 3.48. The van der Waals surface area contributed by atoms with Gasteiger partial charge in [0, 0.05) is 12.1 Å². The predicted molar refractivity (Wildman–Crippen MR) is 66.0 cm³/mol. The second-order valence-corrected chi connectivity index (χ2v) is 6.07. The van der Waals surface area contributed by atoms with E-state index in [1.54, 1.807) is 0 Å². The first kappa shape index (κ1) is 11.4. The van der Waals surface area contributed by atoms with Gasteiger partial charge >= 0.3 is 0 Å². The molecule has 2 fully saturated rings. The van der Waals surface area contributed by atoms with E-state index in [1.807, 2.05) is 0 Å². The lowest BCUT2D eigenvalue weighted by atomic mass is 9.80. The van der Waals surface area contributed by atoms with Crippen LogP contribution in [0, 0.1) is 11.8 Å². The van der Waals surface area contributed by atoms with Crippen LogP contribution in [-0.2, 0) is 0 Å². The molecule has 1 nitrogen and oxygen atoms in total. The van der Waals surface area contributed by atoms with Gasteiger partial charge < -0.3 is 5.32 Å². The highest BCUT2D eigenvalue weighted by Gasteiger charge is 2.23. The molecule has 0 aromatic carbocycles. The van der Waals surface area contributed by atoms with Crippen molar-refractivity contribution in [2.24, 2.45) is 11.8 Å². The van der Waals surface area contributed by atoms with Crippen molar-refractivity contribution in [2.75, 3.05) is 0 Å². The summed E-state index contributed by atoms with van der Waals surface area (Å²) in [7, 11) is 0. The van der Waals surface area contributed by atoms with Crippen LogP contribution in [0.1, 0.15) is 65.2 Å². The monoisotopic (exact) mass is 209 g/mol. The highest BCUT2D eigenvalue weighted by Crippen LogP contribution is 2.31. The van der Waals surface area contributed by atoms with Gasteiger partial charge in [-0.1, -0.05) is 39.0 Å². The van der Waals surface area contributed by atoms with Gasteiger partial charge in [-0.05, 0) is 38.0 Å². The SMILES string of the molecule is CC1CCCC(NC(C)CC2CCC2)C1. The van der Waals surface area contributed by atoms with Gasteiger partial charge in [0.25, 0.3) is 0 Å². The molecule has 0 bridgehead atoms. The van der Waals surface area contributed by atoms with Crippen LogP contribution in [0.3, 0.4) is 0 Å². The largest absolute Gasteiger partial charge is 0.311 e. The van der Waals surface area contributed by atoms with Crippen molar-refractivity contribution >= 4 is 0 Å². The molecule has 3 atom stereocenters. The fourth-order valence-electron chi connectivity index (χ4n) is 3.28. The molecule has 0 aromatic heterocycles. The Morgan fingerprint density at radius 1 is 1.13 bits per heavy atom. The van der Waals surface area contributed by atoms with Gasteiger partial charge in [-0.15, -0.1) is 0 Å². The van der Waals surface area contributed by atoms with E-state index in [9.17, 15) is 0 Å². The first-order chi connectivity index (χ1) is 7.24. The van der Waals surface area contributed by atoms with E-state index < -0.39 is 0 Å². The maximum atomic E-state index is 3.85. The molecule has 0 heterocycles. The number of hydrogen-bond donors (Lipinski definition) is 1. The molecule has 0 amide bonds. The summed E-state index contributed by atoms with van der Waals surface area (Å²) < 4.78 is 0. The molecular weight excluding hydrogens is 182 g/mol. The third-order valence-corrected chi connectivity index (χ3v) is 4.37. The highest BCUT2D eigenvalue weighted by atomic mass is 14.9. The Hall–Kier alpha value is -0.0400. The molecule has 1 heteroatoms. The van der Waals surface area contributed by atoms with Crippen LogP contribution >= 0.6 is 0 Å². The van der Waals surface area contributed by atoms with Crippen molar-refractivity contribution in [3.63, 3.8) is 0 Å². The van der Waals surface area contributed by atoms with Crippen LogP contribution in [0.15, 0.2) is 0 Å². The zero-order chi connectivity index (χ0) is 10.7. The van der Waals surface area contributed by atoms with E-state index in [2.05, 4.69) is 19.2 Å². The minimum Gasteiger partial charge on any atom is -0.311 e. The first-order valence-electron chi connectivity index (χ1n) is 7.00. The minimum absolute atomic E-state index is 0.755. The summed E-state index contributed by atoms with van der Waals surface area (Å²) in [5, 5.41) is 3.85. The van der Waals surface area contributed by atoms with Gasteiger partial charge in [0.1, 0.15) is 0 Å². The third-order valence-electron chi connectivity index (χ3n) is 4.37. The molecule has 1 N–H and O–H groups in total. The van der Waals surface area contributed by atoms with E-state index in [1.165, 1.54) is 51.4 Å². The quantitative estimate of drug-likeness (QED) is 0.744. The van der Waals surface area contributed by atoms with Crippen molar-refractivity contribution in [2.45, 2.75) is 77.3 Å². The molecule has 2 aliphatic carbocycles. The summed E-state index contributed by atoms with van der Waals surface area (Å²) in [6, 6.07) is 1.58. The zero-order valence-corrected chi connectivity index (χ0v) is 10.5. The molecule has 2 rings (SSSR count). The van der Waals surface area contributed by atoms with Crippen molar-refractivity contribution in [1.82, 2.24) is 5.32 Å². The van der Waals surface area contributed by atoms with Crippen molar-refractivity contribution < 1.29 is 0 Å². The Kier molecular flexibility index (Phi) is 4.07. The van der Waals surface area contributed by atoms with E-state index in [-0.39, 0.29) is 0 Å². The molecular formula is C14H27N. The second kappa shape index (κ2) is 5.34. The maximum absolute atomic E-state index is 3.85. The lowest BCUT2D eigenvalue weighted by Gasteiger charge is -2.33. The Morgan fingerprint density at radius 2 is 1.87 bits per heavy atom. The summed E-state index contributed by atoms with van der Waals surface area (Å²) in [6.07, 6.45) is 11.6.